The van der Waals surface area contributed by atoms with Crippen molar-refractivity contribution in [3.05, 3.63) is 23.9 Å². The van der Waals surface area contributed by atoms with Crippen LogP contribution in [0.4, 0.5) is 5.82 Å². The van der Waals surface area contributed by atoms with E-state index in [1.807, 2.05) is 18.3 Å². The Labute approximate surface area is 108 Å². The Balaban J connectivity index is 0.00000112. The van der Waals surface area contributed by atoms with Crippen LogP contribution in [0.3, 0.4) is 0 Å². The first-order valence-corrected chi connectivity index (χ1v) is 4.88. The highest BCUT2D eigenvalue weighted by atomic mass is 35.5. The zero-order chi connectivity index (χ0) is 9.80. The molecule has 1 fully saturated rings. The van der Waals surface area contributed by atoms with E-state index < -0.39 is 0 Å². The van der Waals surface area contributed by atoms with Gasteiger partial charge in [-0.05, 0) is 17.7 Å². The van der Waals surface area contributed by atoms with Gasteiger partial charge < -0.3 is 15.4 Å². The molecule has 92 valence electrons. The van der Waals surface area contributed by atoms with Crippen molar-refractivity contribution in [1.29, 1.82) is 0 Å². The lowest BCUT2D eigenvalue weighted by molar-refractivity contribution is 0.122. The van der Waals surface area contributed by atoms with Crippen LogP contribution in [0.1, 0.15) is 5.56 Å². The van der Waals surface area contributed by atoms with Gasteiger partial charge in [0, 0.05) is 25.8 Å². The third-order valence-electron chi connectivity index (χ3n) is 2.38. The molecule has 16 heavy (non-hydrogen) atoms. The first kappa shape index (κ1) is 15.4. The molecule has 0 spiro atoms. The third kappa shape index (κ3) is 3.79. The van der Waals surface area contributed by atoms with Crippen molar-refractivity contribution < 1.29 is 4.74 Å². The Hall–Kier alpha value is -0.550. The van der Waals surface area contributed by atoms with Crippen LogP contribution in [0.5, 0.6) is 0 Å². The molecule has 1 aromatic heterocycles. The summed E-state index contributed by atoms with van der Waals surface area (Å²) in [6.07, 6.45) is 1.81. The topological polar surface area (TPSA) is 51.4 Å². The smallest absolute Gasteiger partial charge is 0.128 e. The Kier molecular flexibility index (Phi) is 7.42. The van der Waals surface area contributed by atoms with Crippen LogP contribution in [-0.2, 0) is 11.3 Å². The predicted octanol–water partition coefficient (Wildman–Crippen LogP) is 1.22. The fourth-order valence-corrected chi connectivity index (χ4v) is 1.55. The highest BCUT2D eigenvalue weighted by molar-refractivity contribution is 5.85. The number of halogens is 2. The van der Waals surface area contributed by atoms with E-state index in [1.165, 1.54) is 0 Å². The average molecular weight is 266 g/mol. The molecule has 2 rings (SSSR count). The lowest BCUT2D eigenvalue weighted by Gasteiger charge is -2.27. The van der Waals surface area contributed by atoms with Gasteiger partial charge in [-0.1, -0.05) is 0 Å². The van der Waals surface area contributed by atoms with Crippen molar-refractivity contribution in [2.75, 3.05) is 31.2 Å². The molecule has 1 aliphatic heterocycles. The largest absolute Gasteiger partial charge is 0.378 e. The summed E-state index contributed by atoms with van der Waals surface area (Å²) in [5.41, 5.74) is 6.70. The van der Waals surface area contributed by atoms with E-state index in [4.69, 9.17) is 10.5 Å². The lowest BCUT2D eigenvalue weighted by atomic mass is 10.2. The Morgan fingerprint density at radius 1 is 1.31 bits per heavy atom. The number of hydrogen-bond donors (Lipinski definition) is 1. The summed E-state index contributed by atoms with van der Waals surface area (Å²) in [5, 5.41) is 0. The first-order chi connectivity index (χ1) is 6.90. The van der Waals surface area contributed by atoms with Crippen molar-refractivity contribution in [3.8, 4) is 0 Å². The standard InChI is InChI=1S/C10H15N3O.2ClH/c11-8-9-1-2-12-10(7-9)13-3-5-14-6-4-13;;/h1-2,7H,3-6,8,11H2;2*1H. The Bertz CT molecular complexity index is 306. The van der Waals surface area contributed by atoms with Gasteiger partial charge in [0.2, 0.25) is 0 Å². The van der Waals surface area contributed by atoms with Crippen molar-refractivity contribution in [3.63, 3.8) is 0 Å². The number of hydrogen-bond acceptors (Lipinski definition) is 4. The molecule has 2 N–H and O–H groups in total. The van der Waals surface area contributed by atoms with E-state index in [1.54, 1.807) is 0 Å². The predicted molar refractivity (Wildman–Crippen MR) is 69.7 cm³/mol. The minimum atomic E-state index is 0. The second-order valence-electron chi connectivity index (χ2n) is 3.33. The van der Waals surface area contributed by atoms with Gasteiger partial charge in [0.25, 0.3) is 0 Å². The average Bonchev–Trinajstić information content (AvgIpc) is 2.30. The van der Waals surface area contributed by atoms with Crippen molar-refractivity contribution >= 4 is 30.6 Å². The van der Waals surface area contributed by atoms with Crippen LogP contribution in [0, 0.1) is 0 Å². The normalized spacial score (nSPS) is 14.9. The summed E-state index contributed by atoms with van der Waals surface area (Å²) < 4.78 is 5.28. The van der Waals surface area contributed by atoms with Gasteiger partial charge in [-0.15, -0.1) is 24.8 Å². The molecule has 0 amide bonds. The molecule has 0 unspecified atom stereocenters. The van der Waals surface area contributed by atoms with Crippen molar-refractivity contribution in [2.45, 2.75) is 6.54 Å². The Morgan fingerprint density at radius 3 is 2.62 bits per heavy atom. The second-order valence-corrected chi connectivity index (χ2v) is 3.33. The van der Waals surface area contributed by atoms with E-state index in [9.17, 15) is 0 Å². The molecule has 2 heterocycles. The molecule has 1 aromatic rings. The molecular formula is C10H17Cl2N3O. The van der Waals surface area contributed by atoms with Gasteiger partial charge in [-0.25, -0.2) is 4.98 Å². The number of aromatic nitrogens is 1. The van der Waals surface area contributed by atoms with Crippen LogP contribution in [0.15, 0.2) is 18.3 Å². The maximum Gasteiger partial charge on any atom is 0.128 e. The quantitative estimate of drug-likeness (QED) is 0.874. The lowest BCUT2D eigenvalue weighted by Crippen LogP contribution is -2.36. The van der Waals surface area contributed by atoms with Gasteiger partial charge in [0.1, 0.15) is 5.82 Å². The van der Waals surface area contributed by atoms with Crippen LogP contribution in [-0.4, -0.2) is 31.3 Å². The van der Waals surface area contributed by atoms with Crippen molar-refractivity contribution in [2.24, 2.45) is 5.73 Å². The molecule has 0 radical (unpaired) electrons. The molecule has 0 saturated carbocycles. The maximum atomic E-state index is 5.58. The van der Waals surface area contributed by atoms with E-state index >= 15 is 0 Å². The molecule has 0 aliphatic carbocycles. The maximum absolute atomic E-state index is 5.58. The van der Waals surface area contributed by atoms with Gasteiger partial charge in [-0.3, -0.25) is 0 Å². The first-order valence-electron chi connectivity index (χ1n) is 4.88. The van der Waals surface area contributed by atoms with E-state index in [2.05, 4.69) is 9.88 Å². The van der Waals surface area contributed by atoms with E-state index in [0.717, 1.165) is 37.7 Å². The molecule has 0 bridgehead atoms. The van der Waals surface area contributed by atoms with Gasteiger partial charge >= 0.3 is 0 Å². The zero-order valence-electron chi connectivity index (χ0n) is 8.96. The molecule has 1 saturated heterocycles. The summed E-state index contributed by atoms with van der Waals surface area (Å²) in [6, 6.07) is 4.00. The van der Waals surface area contributed by atoms with Crippen LogP contribution < -0.4 is 10.6 Å². The third-order valence-corrected chi connectivity index (χ3v) is 2.38. The fourth-order valence-electron chi connectivity index (χ4n) is 1.55. The van der Waals surface area contributed by atoms with Gasteiger partial charge in [0.15, 0.2) is 0 Å². The monoisotopic (exact) mass is 265 g/mol. The van der Waals surface area contributed by atoms with Crippen LogP contribution in [0.25, 0.3) is 0 Å². The molecule has 6 heteroatoms. The van der Waals surface area contributed by atoms with Crippen LogP contribution >= 0.6 is 24.8 Å². The minimum absolute atomic E-state index is 0. The highest BCUT2D eigenvalue weighted by Gasteiger charge is 2.11. The number of anilines is 1. The molecule has 1 aliphatic rings. The molecule has 0 atom stereocenters. The second kappa shape index (κ2) is 7.68. The summed E-state index contributed by atoms with van der Waals surface area (Å²) in [6.45, 7) is 3.98. The summed E-state index contributed by atoms with van der Waals surface area (Å²) >= 11 is 0. The van der Waals surface area contributed by atoms with Crippen molar-refractivity contribution in [1.82, 2.24) is 4.98 Å². The molecule has 0 aromatic carbocycles. The molecule has 4 nitrogen and oxygen atoms in total. The Morgan fingerprint density at radius 2 is 2.00 bits per heavy atom. The number of nitrogens with zero attached hydrogens (tertiary/aromatic N) is 2. The number of morpholine rings is 1. The molecular weight excluding hydrogens is 249 g/mol. The zero-order valence-corrected chi connectivity index (χ0v) is 10.6. The van der Waals surface area contributed by atoms with Gasteiger partial charge in [-0.2, -0.15) is 0 Å². The van der Waals surface area contributed by atoms with Crippen LogP contribution in [0.2, 0.25) is 0 Å². The highest BCUT2D eigenvalue weighted by Crippen LogP contribution is 2.13. The summed E-state index contributed by atoms with van der Waals surface area (Å²) in [7, 11) is 0. The van der Waals surface area contributed by atoms with E-state index in [0.29, 0.717) is 6.54 Å². The number of nitrogens with two attached hydrogens (primary N) is 1. The summed E-state index contributed by atoms with van der Waals surface area (Å²) in [4.78, 5) is 6.55. The minimum Gasteiger partial charge on any atom is -0.378 e. The van der Waals surface area contributed by atoms with Gasteiger partial charge in [0.05, 0.1) is 13.2 Å². The number of rotatable bonds is 2. The summed E-state index contributed by atoms with van der Waals surface area (Å²) in [5.74, 6) is 1.01. The number of pyridine rings is 1. The van der Waals surface area contributed by atoms with E-state index in [-0.39, 0.29) is 24.8 Å². The fraction of sp³-hybridized carbons (Fsp3) is 0.500. The SMILES string of the molecule is Cl.Cl.NCc1ccnc(N2CCOCC2)c1. The number of ether oxygens (including phenoxy) is 1.